The van der Waals surface area contributed by atoms with Crippen LogP contribution in [0.1, 0.15) is 9.67 Å². The van der Waals surface area contributed by atoms with Crippen molar-refractivity contribution in [2.24, 2.45) is 0 Å². The summed E-state index contributed by atoms with van der Waals surface area (Å²) in [6.07, 6.45) is 0. The molecule has 19 heavy (non-hydrogen) atoms. The van der Waals surface area contributed by atoms with E-state index in [4.69, 9.17) is 23.2 Å². The number of aromatic nitrogens is 1. The highest BCUT2D eigenvalue weighted by molar-refractivity contribution is 7.17. The van der Waals surface area contributed by atoms with Crippen molar-refractivity contribution < 1.29 is 9.72 Å². The number of halogens is 2. The number of pyridine rings is 1. The quantitative estimate of drug-likeness (QED) is 0.532. The van der Waals surface area contributed by atoms with E-state index in [0.29, 0.717) is 0 Å². The van der Waals surface area contributed by atoms with Gasteiger partial charge in [-0.05, 0) is 18.2 Å². The summed E-state index contributed by atoms with van der Waals surface area (Å²) in [5.74, 6) is -0.278. The molecule has 2 aromatic rings. The Morgan fingerprint density at radius 1 is 1.32 bits per heavy atom. The van der Waals surface area contributed by atoms with Crippen molar-refractivity contribution >= 4 is 51.3 Å². The summed E-state index contributed by atoms with van der Waals surface area (Å²) in [6.45, 7) is 0. The molecular weight excluding hydrogens is 313 g/mol. The van der Waals surface area contributed by atoms with Gasteiger partial charge in [-0.25, -0.2) is 4.98 Å². The zero-order valence-electron chi connectivity index (χ0n) is 9.09. The lowest BCUT2D eigenvalue weighted by Crippen LogP contribution is -2.11. The van der Waals surface area contributed by atoms with Crippen LogP contribution in [0.4, 0.5) is 10.8 Å². The Labute approximate surface area is 121 Å². The van der Waals surface area contributed by atoms with E-state index < -0.39 is 10.8 Å². The van der Waals surface area contributed by atoms with E-state index in [-0.39, 0.29) is 25.9 Å². The van der Waals surface area contributed by atoms with Crippen molar-refractivity contribution in [3.05, 3.63) is 49.4 Å². The molecule has 0 aromatic carbocycles. The number of rotatable bonds is 3. The largest absolute Gasteiger partial charge is 0.324 e. The molecule has 2 aromatic heterocycles. The van der Waals surface area contributed by atoms with Crippen LogP contribution >= 0.6 is 34.5 Å². The smallest absolute Gasteiger partial charge is 0.306 e. The van der Waals surface area contributed by atoms with Gasteiger partial charge in [-0.3, -0.25) is 14.9 Å². The number of anilines is 1. The van der Waals surface area contributed by atoms with Gasteiger partial charge in [-0.1, -0.05) is 34.5 Å². The van der Waals surface area contributed by atoms with Gasteiger partial charge in [0.2, 0.25) is 0 Å². The number of hydrogen-bond donors (Lipinski definition) is 1. The van der Waals surface area contributed by atoms with Crippen molar-refractivity contribution in [2.45, 2.75) is 0 Å². The van der Waals surface area contributed by atoms with Gasteiger partial charge >= 0.3 is 5.00 Å². The molecule has 1 amide bonds. The Balaban J connectivity index is 2.15. The summed E-state index contributed by atoms with van der Waals surface area (Å²) in [7, 11) is 0. The number of amides is 1. The monoisotopic (exact) mass is 317 g/mol. The molecule has 9 heteroatoms. The lowest BCUT2D eigenvalue weighted by atomic mass is 10.4. The first-order valence-corrected chi connectivity index (χ1v) is 6.42. The molecule has 0 aliphatic carbocycles. The van der Waals surface area contributed by atoms with E-state index in [1.54, 1.807) is 0 Å². The lowest BCUT2D eigenvalue weighted by Gasteiger charge is -2.03. The molecule has 0 fully saturated rings. The minimum Gasteiger partial charge on any atom is -0.306 e. The molecule has 98 valence electrons. The third-order valence-corrected chi connectivity index (χ3v) is 3.77. The summed E-state index contributed by atoms with van der Waals surface area (Å²) < 4.78 is 0. The maximum atomic E-state index is 11.8. The summed E-state index contributed by atoms with van der Waals surface area (Å²) in [5.41, 5.74) is 0. The Hall–Kier alpha value is -1.70. The maximum Gasteiger partial charge on any atom is 0.324 e. The first-order chi connectivity index (χ1) is 8.97. The predicted molar refractivity (Wildman–Crippen MR) is 73.2 cm³/mol. The minimum atomic E-state index is -0.557. The molecule has 0 saturated carbocycles. The Bertz CT molecular complexity index is 659. The maximum absolute atomic E-state index is 11.8. The highest BCUT2D eigenvalue weighted by atomic mass is 35.5. The van der Waals surface area contributed by atoms with Crippen molar-refractivity contribution in [3.8, 4) is 0 Å². The van der Waals surface area contributed by atoms with Crippen molar-refractivity contribution in [1.29, 1.82) is 0 Å². The zero-order valence-corrected chi connectivity index (χ0v) is 11.4. The van der Waals surface area contributed by atoms with Crippen molar-refractivity contribution in [2.75, 3.05) is 5.32 Å². The van der Waals surface area contributed by atoms with Crippen LogP contribution < -0.4 is 5.32 Å². The van der Waals surface area contributed by atoms with Gasteiger partial charge in [0.05, 0.1) is 14.8 Å². The zero-order chi connectivity index (χ0) is 14.0. The predicted octanol–water partition coefficient (Wildman–Crippen LogP) is 3.61. The normalized spacial score (nSPS) is 10.2. The van der Waals surface area contributed by atoms with Crippen LogP contribution in [0.5, 0.6) is 0 Å². The van der Waals surface area contributed by atoms with E-state index in [2.05, 4.69) is 10.3 Å². The average molecular weight is 318 g/mol. The van der Waals surface area contributed by atoms with Gasteiger partial charge in [0.1, 0.15) is 11.0 Å². The molecule has 2 rings (SSSR count). The highest BCUT2D eigenvalue weighted by Crippen LogP contribution is 2.25. The standard InChI is InChI=1S/C10H5Cl2N3O3S/c11-5-1-3-7(13-9(5)12)14-10(16)6-2-4-8(19-6)15(17)18/h1-4H,(H,13,14,16). The topological polar surface area (TPSA) is 85.1 Å². The van der Waals surface area contributed by atoms with Crippen LogP contribution in [0.2, 0.25) is 10.2 Å². The van der Waals surface area contributed by atoms with Crippen LogP contribution in [-0.4, -0.2) is 15.8 Å². The molecule has 0 spiro atoms. The number of carbonyl (C=O) groups excluding carboxylic acids is 1. The molecular formula is C10H5Cl2N3O3S. The van der Waals surface area contributed by atoms with Gasteiger partial charge < -0.3 is 5.32 Å². The molecule has 2 heterocycles. The summed E-state index contributed by atoms with van der Waals surface area (Å²) in [5, 5.41) is 13.2. The van der Waals surface area contributed by atoms with Crippen LogP contribution in [0.3, 0.4) is 0 Å². The third-order valence-electron chi connectivity index (χ3n) is 2.04. The van der Waals surface area contributed by atoms with Crippen LogP contribution in [0.25, 0.3) is 0 Å². The average Bonchev–Trinajstić information content (AvgIpc) is 2.83. The molecule has 0 bridgehead atoms. The fraction of sp³-hybridized carbons (Fsp3) is 0. The number of nitro groups is 1. The molecule has 0 saturated heterocycles. The number of nitrogens with one attached hydrogen (secondary N) is 1. The van der Waals surface area contributed by atoms with E-state index >= 15 is 0 Å². The fourth-order valence-electron chi connectivity index (χ4n) is 1.21. The first kappa shape index (κ1) is 13.7. The molecule has 6 nitrogen and oxygen atoms in total. The third kappa shape index (κ3) is 3.19. The molecule has 0 atom stereocenters. The number of thiophene rings is 1. The second-order valence-corrected chi connectivity index (χ2v) is 5.15. The number of carbonyl (C=O) groups is 1. The van der Waals surface area contributed by atoms with Gasteiger partial charge in [0.25, 0.3) is 5.91 Å². The summed E-state index contributed by atoms with van der Waals surface area (Å²) in [6, 6.07) is 5.61. The van der Waals surface area contributed by atoms with Crippen LogP contribution in [-0.2, 0) is 0 Å². The highest BCUT2D eigenvalue weighted by Gasteiger charge is 2.15. The SMILES string of the molecule is O=C(Nc1ccc(Cl)c(Cl)n1)c1ccc([N+](=O)[O-])s1. The lowest BCUT2D eigenvalue weighted by molar-refractivity contribution is -0.380. The van der Waals surface area contributed by atoms with E-state index in [0.717, 1.165) is 11.3 Å². The molecule has 0 radical (unpaired) electrons. The van der Waals surface area contributed by atoms with Gasteiger partial charge in [-0.2, -0.15) is 0 Å². The van der Waals surface area contributed by atoms with Gasteiger partial charge in [0.15, 0.2) is 0 Å². The second kappa shape index (κ2) is 5.52. The molecule has 1 N–H and O–H groups in total. The summed E-state index contributed by atoms with van der Waals surface area (Å²) in [4.78, 5) is 25.8. The summed E-state index contributed by atoms with van der Waals surface area (Å²) >= 11 is 12.2. The van der Waals surface area contributed by atoms with Crippen molar-refractivity contribution in [3.63, 3.8) is 0 Å². The number of hydrogen-bond acceptors (Lipinski definition) is 5. The Kier molecular flexibility index (Phi) is 3.98. The number of nitrogens with zero attached hydrogens (tertiary/aromatic N) is 2. The minimum absolute atomic E-state index is 0.0663. The van der Waals surface area contributed by atoms with Gasteiger partial charge in [0, 0.05) is 6.07 Å². The van der Waals surface area contributed by atoms with Gasteiger partial charge in [-0.15, -0.1) is 0 Å². The van der Waals surface area contributed by atoms with Crippen molar-refractivity contribution in [1.82, 2.24) is 4.98 Å². The fourth-order valence-corrected chi connectivity index (χ4v) is 2.19. The van der Waals surface area contributed by atoms with E-state index in [9.17, 15) is 14.9 Å². The van der Waals surface area contributed by atoms with Crippen LogP contribution in [0, 0.1) is 10.1 Å². The molecule has 0 unspecified atom stereocenters. The van der Waals surface area contributed by atoms with E-state index in [1.165, 1.54) is 24.3 Å². The van der Waals surface area contributed by atoms with E-state index in [1.807, 2.05) is 0 Å². The second-order valence-electron chi connectivity index (χ2n) is 3.32. The Morgan fingerprint density at radius 3 is 2.63 bits per heavy atom. The Morgan fingerprint density at radius 2 is 2.05 bits per heavy atom. The molecule has 0 aliphatic heterocycles. The molecule has 0 aliphatic rings. The van der Waals surface area contributed by atoms with Crippen LogP contribution in [0.15, 0.2) is 24.3 Å². The first-order valence-electron chi connectivity index (χ1n) is 4.85.